The van der Waals surface area contributed by atoms with E-state index < -0.39 is 22.5 Å². The van der Waals surface area contributed by atoms with Crippen molar-refractivity contribution in [2.24, 2.45) is 0 Å². The molecule has 0 aromatic heterocycles. The first kappa shape index (κ1) is 25.3. The summed E-state index contributed by atoms with van der Waals surface area (Å²) in [7, 11) is -2.58. The molecule has 3 aromatic carbocycles. The largest absolute Gasteiger partial charge is 0.495 e. The van der Waals surface area contributed by atoms with E-state index in [1.54, 1.807) is 24.3 Å². The maximum atomic E-state index is 13.4. The first-order valence-electron chi connectivity index (χ1n) is 9.74. The van der Waals surface area contributed by atoms with E-state index in [-0.39, 0.29) is 11.4 Å². The molecule has 1 N–H and O–H groups in total. The summed E-state index contributed by atoms with van der Waals surface area (Å²) in [5.74, 6) is -0.0803. The molecule has 0 aliphatic carbocycles. The first-order chi connectivity index (χ1) is 15.6. The third-order valence-corrected chi connectivity index (χ3v) is 7.41. The molecule has 0 unspecified atom stereocenters. The summed E-state index contributed by atoms with van der Waals surface area (Å²) in [4.78, 5) is 12.9. The van der Waals surface area contributed by atoms with Crippen molar-refractivity contribution >= 4 is 56.4 Å². The average molecular weight is 528 g/mol. The number of aryl methyl sites for hydroxylation is 1. The maximum absolute atomic E-state index is 13.4. The molecule has 0 aliphatic heterocycles. The number of carbonyl (C=O) groups is 1. The Morgan fingerprint density at radius 3 is 2.27 bits per heavy atom. The highest BCUT2D eigenvalue weighted by Crippen LogP contribution is 2.27. The first-order valence-corrected chi connectivity index (χ1v) is 12.3. The average Bonchev–Trinajstić information content (AvgIpc) is 2.75. The third kappa shape index (κ3) is 6.40. The second-order valence-corrected chi connectivity index (χ2v) is 10.4. The van der Waals surface area contributed by atoms with Gasteiger partial charge in [0, 0.05) is 21.6 Å². The predicted molar refractivity (Wildman–Crippen MR) is 132 cm³/mol. The molecule has 3 rings (SSSR count). The quantitative estimate of drug-likeness (QED) is 0.402. The number of halogens is 3. The molecule has 6 nitrogen and oxygen atoms in total. The van der Waals surface area contributed by atoms with Crippen LogP contribution in [0.3, 0.4) is 0 Å². The van der Waals surface area contributed by atoms with Gasteiger partial charge in [0.2, 0.25) is 15.9 Å². The summed E-state index contributed by atoms with van der Waals surface area (Å²) < 4.78 is 33.1. The van der Waals surface area contributed by atoms with Crippen LogP contribution < -0.4 is 10.1 Å². The monoisotopic (exact) mass is 526 g/mol. The van der Waals surface area contributed by atoms with E-state index in [0.717, 1.165) is 9.87 Å². The smallest absolute Gasteiger partial charge is 0.243 e. The van der Waals surface area contributed by atoms with Crippen molar-refractivity contribution in [2.75, 3.05) is 19.0 Å². The van der Waals surface area contributed by atoms with E-state index in [9.17, 15) is 13.2 Å². The molecule has 3 aromatic rings. The van der Waals surface area contributed by atoms with E-state index in [2.05, 4.69) is 5.32 Å². The minimum Gasteiger partial charge on any atom is -0.495 e. The van der Waals surface area contributed by atoms with E-state index in [1.165, 1.54) is 37.4 Å². The van der Waals surface area contributed by atoms with Gasteiger partial charge in [-0.3, -0.25) is 4.79 Å². The molecule has 174 valence electrons. The van der Waals surface area contributed by atoms with E-state index in [0.29, 0.717) is 32.1 Å². The maximum Gasteiger partial charge on any atom is 0.243 e. The summed E-state index contributed by atoms with van der Waals surface area (Å²) >= 11 is 18.1. The van der Waals surface area contributed by atoms with Crippen molar-refractivity contribution in [1.29, 1.82) is 0 Å². The Morgan fingerprint density at radius 1 is 0.970 bits per heavy atom. The van der Waals surface area contributed by atoms with Gasteiger partial charge >= 0.3 is 0 Å². The lowest BCUT2D eigenvalue weighted by Crippen LogP contribution is -2.37. The Balaban J connectivity index is 1.93. The fourth-order valence-corrected chi connectivity index (χ4v) is 5.06. The number of hydrogen-bond donors (Lipinski definition) is 1. The number of amides is 1. The van der Waals surface area contributed by atoms with Gasteiger partial charge in [0.15, 0.2) is 0 Å². The fourth-order valence-electron chi connectivity index (χ4n) is 3.09. The highest BCUT2D eigenvalue weighted by molar-refractivity contribution is 7.89. The minimum atomic E-state index is -4.06. The molecule has 33 heavy (non-hydrogen) atoms. The summed E-state index contributed by atoms with van der Waals surface area (Å²) in [6, 6.07) is 15.8. The summed E-state index contributed by atoms with van der Waals surface area (Å²) in [5.41, 5.74) is 1.85. The van der Waals surface area contributed by atoms with Gasteiger partial charge < -0.3 is 10.1 Å². The predicted octanol–water partition coefficient (Wildman–Crippen LogP) is 5.79. The number of carbonyl (C=O) groups excluding carboxylic acids is 1. The molecule has 0 saturated heterocycles. The molecule has 10 heteroatoms. The lowest BCUT2D eigenvalue weighted by Gasteiger charge is -2.23. The lowest BCUT2D eigenvalue weighted by molar-refractivity contribution is -0.116. The molecule has 0 spiro atoms. The number of methoxy groups -OCH3 is 1. The fraction of sp³-hybridized carbons (Fsp3) is 0.174. The Kier molecular flexibility index (Phi) is 8.26. The summed E-state index contributed by atoms with van der Waals surface area (Å²) in [6.45, 7) is 1.27. The van der Waals surface area contributed by atoms with Gasteiger partial charge in [-0.1, -0.05) is 46.9 Å². The Hall–Kier alpha value is -2.29. The van der Waals surface area contributed by atoms with Crippen LogP contribution in [0.15, 0.2) is 65.6 Å². The van der Waals surface area contributed by atoms with Crippen molar-refractivity contribution in [3.8, 4) is 5.75 Å². The van der Waals surface area contributed by atoms with Gasteiger partial charge in [0.25, 0.3) is 0 Å². The van der Waals surface area contributed by atoms with Crippen molar-refractivity contribution < 1.29 is 17.9 Å². The van der Waals surface area contributed by atoms with Gasteiger partial charge in [-0.05, 0) is 66.6 Å². The lowest BCUT2D eigenvalue weighted by atomic mass is 10.2. The van der Waals surface area contributed by atoms with E-state index >= 15 is 0 Å². The van der Waals surface area contributed by atoms with Gasteiger partial charge in [-0.15, -0.1) is 0 Å². The number of sulfonamides is 1. The van der Waals surface area contributed by atoms with E-state index in [1.807, 2.05) is 13.0 Å². The van der Waals surface area contributed by atoms with Crippen molar-refractivity contribution in [3.05, 3.63) is 86.9 Å². The molecular formula is C23H21Cl3N2O4S. The Labute approximate surface area is 208 Å². The summed E-state index contributed by atoms with van der Waals surface area (Å²) in [5, 5.41) is 3.83. The standard InChI is InChI=1S/C23H21Cl3N2O4S/c1-15-3-10-22(32-2)21(11-15)27-23(29)14-28(13-16-4-5-18(25)12-20(16)26)33(30,31)19-8-6-17(24)7-9-19/h3-12H,13-14H2,1-2H3,(H,27,29). The van der Waals surface area contributed by atoms with Crippen molar-refractivity contribution in [3.63, 3.8) is 0 Å². The third-order valence-electron chi connectivity index (χ3n) is 4.76. The topological polar surface area (TPSA) is 75.7 Å². The number of hydrogen-bond acceptors (Lipinski definition) is 4. The van der Waals surface area contributed by atoms with Gasteiger partial charge in [0.1, 0.15) is 5.75 Å². The van der Waals surface area contributed by atoms with Crippen LogP contribution in [0.4, 0.5) is 5.69 Å². The minimum absolute atomic E-state index is 0.00192. The number of anilines is 1. The Bertz CT molecular complexity index is 1270. The molecule has 0 saturated carbocycles. The molecule has 0 bridgehead atoms. The van der Waals surface area contributed by atoms with Crippen molar-refractivity contribution in [1.82, 2.24) is 4.31 Å². The van der Waals surface area contributed by atoms with E-state index in [4.69, 9.17) is 39.5 Å². The van der Waals surface area contributed by atoms with Crippen LogP contribution in [0.1, 0.15) is 11.1 Å². The zero-order valence-electron chi connectivity index (χ0n) is 17.8. The van der Waals surface area contributed by atoms with Crippen LogP contribution in [0, 0.1) is 6.92 Å². The molecule has 0 heterocycles. The number of nitrogens with one attached hydrogen (secondary N) is 1. The van der Waals surface area contributed by atoms with Crippen LogP contribution in [-0.2, 0) is 21.4 Å². The molecule has 0 fully saturated rings. The normalized spacial score (nSPS) is 11.5. The van der Waals surface area contributed by atoms with Crippen LogP contribution >= 0.6 is 34.8 Å². The molecule has 0 aliphatic rings. The van der Waals surface area contributed by atoms with Gasteiger partial charge in [-0.2, -0.15) is 4.31 Å². The number of rotatable bonds is 8. The molecular weight excluding hydrogens is 507 g/mol. The Morgan fingerprint density at radius 2 is 1.64 bits per heavy atom. The number of ether oxygens (including phenoxy) is 1. The molecule has 0 radical (unpaired) electrons. The highest BCUT2D eigenvalue weighted by Gasteiger charge is 2.28. The second kappa shape index (κ2) is 10.8. The summed E-state index contributed by atoms with van der Waals surface area (Å²) in [6.07, 6.45) is 0. The van der Waals surface area contributed by atoms with Gasteiger partial charge in [0.05, 0.1) is 24.2 Å². The van der Waals surface area contributed by atoms with Crippen molar-refractivity contribution in [2.45, 2.75) is 18.4 Å². The van der Waals surface area contributed by atoms with Crippen LogP contribution in [0.25, 0.3) is 0 Å². The van der Waals surface area contributed by atoms with Crippen LogP contribution in [0.2, 0.25) is 15.1 Å². The molecule has 1 amide bonds. The molecule has 0 atom stereocenters. The van der Waals surface area contributed by atoms with Crippen LogP contribution in [0.5, 0.6) is 5.75 Å². The van der Waals surface area contributed by atoms with Crippen LogP contribution in [-0.4, -0.2) is 32.3 Å². The highest BCUT2D eigenvalue weighted by atomic mass is 35.5. The SMILES string of the molecule is COc1ccc(C)cc1NC(=O)CN(Cc1ccc(Cl)cc1Cl)S(=O)(=O)c1ccc(Cl)cc1. The zero-order chi connectivity index (χ0) is 24.2. The second-order valence-electron chi connectivity index (χ2n) is 7.21. The number of nitrogens with zero attached hydrogens (tertiary/aromatic N) is 1. The zero-order valence-corrected chi connectivity index (χ0v) is 20.9. The van der Waals surface area contributed by atoms with Gasteiger partial charge in [-0.25, -0.2) is 8.42 Å². The number of benzene rings is 3.